The first kappa shape index (κ1) is 8.20. The summed E-state index contributed by atoms with van der Waals surface area (Å²) in [7, 11) is 2.05. The Hall–Kier alpha value is -1.41. The summed E-state index contributed by atoms with van der Waals surface area (Å²) in [5.74, 6) is 0. The molecule has 1 aromatic carbocycles. The second-order valence-corrected chi connectivity index (χ2v) is 3.15. The SMILES string of the molecule is C[n+]1c(CN)ccc2ccccc21. The third-order valence-electron chi connectivity index (χ3n) is 2.39. The molecule has 0 bridgehead atoms. The normalized spacial score (nSPS) is 10.6. The van der Waals surface area contributed by atoms with E-state index in [1.54, 1.807) is 0 Å². The van der Waals surface area contributed by atoms with Crippen LogP contribution in [0.5, 0.6) is 0 Å². The molecule has 1 aromatic heterocycles. The van der Waals surface area contributed by atoms with Gasteiger partial charge in [0, 0.05) is 17.5 Å². The van der Waals surface area contributed by atoms with Crippen LogP contribution >= 0.6 is 0 Å². The van der Waals surface area contributed by atoms with Gasteiger partial charge in [0.05, 0.1) is 6.54 Å². The minimum Gasteiger partial charge on any atom is -0.322 e. The van der Waals surface area contributed by atoms with E-state index in [1.807, 2.05) is 19.2 Å². The number of pyridine rings is 1. The van der Waals surface area contributed by atoms with Crippen molar-refractivity contribution in [3.63, 3.8) is 0 Å². The summed E-state index contributed by atoms with van der Waals surface area (Å²) in [6, 6.07) is 12.5. The molecule has 0 saturated carbocycles. The zero-order chi connectivity index (χ0) is 9.26. The molecule has 2 aromatic rings. The minimum atomic E-state index is 0.585. The molecule has 0 aliphatic rings. The number of rotatable bonds is 1. The molecule has 1 heterocycles. The van der Waals surface area contributed by atoms with E-state index in [0.29, 0.717) is 6.54 Å². The molecule has 0 spiro atoms. The van der Waals surface area contributed by atoms with Crippen molar-refractivity contribution >= 4 is 10.9 Å². The summed E-state index contributed by atoms with van der Waals surface area (Å²) in [5.41, 5.74) is 8.00. The van der Waals surface area contributed by atoms with E-state index < -0.39 is 0 Å². The Labute approximate surface area is 77.6 Å². The lowest BCUT2D eigenvalue weighted by molar-refractivity contribution is -0.652. The molecule has 2 rings (SSSR count). The molecule has 2 heteroatoms. The van der Waals surface area contributed by atoms with Crippen molar-refractivity contribution in [1.82, 2.24) is 0 Å². The number of hydrogen-bond donors (Lipinski definition) is 1. The van der Waals surface area contributed by atoms with Crippen LogP contribution in [0, 0.1) is 0 Å². The third kappa shape index (κ3) is 1.29. The highest BCUT2D eigenvalue weighted by atomic mass is 14.9. The van der Waals surface area contributed by atoms with E-state index in [4.69, 9.17) is 5.73 Å². The van der Waals surface area contributed by atoms with Gasteiger partial charge in [-0.25, -0.2) is 0 Å². The average molecular weight is 173 g/mol. The first-order chi connectivity index (χ1) is 6.33. The van der Waals surface area contributed by atoms with Crippen LogP contribution in [-0.2, 0) is 13.6 Å². The summed E-state index contributed by atoms with van der Waals surface area (Å²) in [6.07, 6.45) is 0. The highest BCUT2D eigenvalue weighted by Gasteiger charge is 2.08. The lowest BCUT2D eigenvalue weighted by Crippen LogP contribution is -2.35. The third-order valence-corrected chi connectivity index (χ3v) is 2.39. The van der Waals surface area contributed by atoms with Gasteiger partial charge in [-0.3, -0.25) is 0 Å². The molecule has 0 atom stereocenters. The van der Waals surface area contributed by atoms with Gasteiger partial charge in [0.1, 0.15) is 7.05 Å². The monoisotopic (exact) mass is 173 g/mol. The zero-order valence-electron chi connectivity index (χ0n) is 7.70. The van der Waals surface area contributed by atoms with Gasteiger partial charge in [-0.15, -0.1) is 0 Å². The van der Waals surface area contributed by atoms with Crippen LogP contribution in [0.25, 0.3) is 10.9 Å². The fourth-order valence-electron chi connectivity index (χ4n) is 1.59. The first-order valence-corrected chi connectivity index (χ1v) is 4.39. The predicted octanol–water partition coefficient (Wildman–Crippen LogP) is 1.12. The Balaban J connectivity index is 2.79. The molecule has 0 fully saturated rings. The van der Waals surface area contributed by atoms with Gasteiger partial charge in [0.25, 0.3) is 0 Å². The van der Waals surface area contributed by atoms with Crippen LogP contribution in [0.15, 0.2) is 36.4 Å². The standard InChI is InChI=1S/C11H13N2/c1-13-10(8-12)7-6-9-4-2-3-5-11(9)13/h2-7H,8,12H2,1H3/q+1. The van der Waals surface area contributed by atoms with Crippen molar-refractivity contribution < 1.29 is 4.57 Å². The lowest BCUT2D eigenvalue weighted by atomic mass is 10.2. The summed E-state index contributed by atoms with van der Waals surface area (Å²) in [4.78, 5) is 0. The topological polar surface area (TPSA) is 29.9 Å². The van der Waals surface area contributed by atoms with Crippen LogP contribution in [0.2, 0.25) is 0 Å². The van der Waals surface area contributed by atoms with Crippen LogP contribution in [0.1, 0.15) is 5.69 Å². The number of para-hydroxylation sites is 1. The molecule has 0 radical (unpaired) electrons. The maximum Gasteiger partial charge on any atom is 0.212 e. The van der Waals surface area contributed by atoms with Gasteiger partial charge in [0.15, 0.2) is 5.69 Å². The number of benzene rings is 1. The van der Waals surface area contributed by atoms with Crippen molar-refractivity contribution in [3.8, 4) is 0 Å². The van der Waals surface area contributed by atoms with E-state index in [9.17, 15) is 0 Å². The predicted molar refractivity (Wildman–Crippen MR) is 53.0 cm³/mol. The maximum absolute atomic E-state index is 5.62. The van der Waals surface area contributed by atoms with E-state index in [0.717, 1.165) is 5.69 Å². The number of aromatic nitrogens is 1. The van der Waals surface area contributed by atoms with Gasteiger partial charge in [-0.2, -0.15) is 4.57 Å². The van der Waals surface area contributed by atoms with E-state index >= 15 is 0 Å². The smallest absolute Gasteiger partial charge is 0.212 e. The van der Waals surface area contributed by atoms with Crippen molar-refractivity contribution in [2.24, 2.45) is 12.8 Å². The quantitative estimate of drug-likeness (QED) is 0.643. The summed E-state index contributed by atoms with van der Waals surface area (Å²) in [5, 5.41) is 1.25. The molecule has 2 nitrogen and oxygen atoms in total. The molecule has 0 amide bonds. The van der Waals surface area contributed by atoms with Gasteiger partial charge in [-0.05, 0) is 12.1 Å². The van der Waals surface area contributed by atoms with Crippen molar-refractivity contribution in [3.05, 3.63) is 42.1 Å². The Bertz CT molecular complexity index is 435. The van der Waals surface area contributed by atoms with Crippen LogP contribution in [0.4, 0.5) is 0 Å². The van der Waals surface area contributed by atoms with Gasteiger partial charge in [0.2, 0.25) is 5.52 Å². The molecule has 66 valence electrons. The highest BCUT2D eigenvalue weighted by molar-refractivity contribution is 5.75. The van der Waals surface area contributed by atoms with E-state index in [1.165, 1.54) is 10.9 Å². The fraction of sp³-hybridized carbons (Fsp3) is 0.182. The fourth-order valence-corrected chi connectivity index (χ4v) is 1.59. The Morgan fingerprint density at radius 3 is 2.69 bits per heavy atom. The summed E-state index contributed by atoms with van der Waals surface area (Å²) in [6.45, 7) is 0.585. The number of hydrogen-bond acceptors (Lipinski definition) is 1. The second kappa shape index (κ2) is 3.15. The molecular weight excluding hydrogens is 160 g/mol. The molecule has 0 unspecified atom stereocenters. The first-order valence-electron chi connectivity index (χ1n) is 4.39. The van der Waals surface area contributed by atoms with E-state index in [2.05, 4.69) is 28.8 Å². The van der Waals surface area contributed by atoms with Crippen LogP contribution < -0.4 is 10.3 Å². The van der Waals surface area contributed by atoms with Gasteiger partial charge < -0.3 is 5.73 Å². The molecule has 0 saturated heterocycles. The molecule has 2 N–H and O–H groups in total. The molecule has 13 heavy (non-hydrogen) atoms. The Kier molecular flexibility index (Phi) is 1.99. The Morgan fingerprint density at radius 1 is 1.15 bits per heavy atom. The zero-order valence-corrected chi connectivity index (χ0v) is 7.70. The van der Waals surface area contributed by atoms with Crippen molar-refractivity contribution in [2.45, 2.75) is 6.54 Å². The van der Waals surface area contributed by atoms with Crippen LogP contribution in [0.3, 0.4) is 0 Å². The number of fused-ring (bicyclic) bond motifs is 1. The largest absolute Gasteiger partial charge is 0.322 e. The maximum atomic E-state index is 5.62. The number of nitrogens with two attached hydrogens (primary N) is 1. The minimum absolute atomic E-state index is 0.585. The van der Waals surface area contributed by atoms with Crippen molar-refractivity contribution in [2.75, 3.05) is 0 Å². The highest BCUT2D eigenvalue weighted by Crippen LogP contribution is 2.09. The second-order valence-electron chi connectivity index (χ2n) is 3.15. The molecule has 0 aliphatic heterocycles. The van der Waals surface area contributed by atoms with Gasteiger partial charge in [-0.1, -0.05) is 12.1 Å². The Morgan fingerprint density at radius 2 is 1.92 bits per heavy atom. The van der Waals surface area contributed by atoms with Crippen molar-refractivity contribution in [1.29, 1.82) is 0 Å². The molecular formula is C11H13N2+. The van der Waals surface area contributed by atoms with E-state index in [-0.39, 0.29) is 0 Å². The number of nitrogens with zero attached hydrogens (tertiary/aromatic N) is 1. The molecule has 0 aliphatic carbocycles. The summed E-state index contributed by atoms with van der Waals surface area (Å²) < 4.78 is 2.13. The van der Waals surface area contributed by atoms with Gasteiger partial charge >= 0.3 is 0 Å². The average Bonchev–Trinajstić information content (AvgIpc) is 2.19. The van der Waals surface area contributed by atoms with Crippen LogP contribution in [-0.4, -0.2) is 0 Å². The lowest BCUT2D eigenvalue weighted by Gasteiger charge is -2.00. The number of aryl methyl sites for hydroxylation is 1. The summed E-state index contributed by atoms with van der Waals surface area (Å²) >= 11 is 0.